The quantitative estimate of drug-likeness (QED) is 0.422. The van der Waals surface area contributed by atoms with Gasteiger partial charge in [-0.05, 0) is 47.8 Å². The number of ether oxygens (including phenoxy) is 2. The summed E-state index contributed by atoms with van der Waals surface area (Å²) >= 11 is 4.33. The number of thiol groups is 1. The lowest BCUT2D eigenvalue weighted by molar-refractivity contribution is -0.148. The van der Waals surface area contributed by atoms with Crippen LogP contribution in [0.2, 0.25) is 0 Å². The van der Waals surface area contributed by atoms with Gasteiger partial charge < -0.3 is 9.47 Å². The maximum Gasteiger partial charge on any atom is 0.305 e. The third-order valence-corrected chi connectivity index (χ3v) is 5.23. The molecule has 0 amide bonds. The molecule has 4 heteroatoms. The van der Waals surface area contributed by atoms with Crippen LogP contribution in [0.1, 0.15) is 45.1 Å². The largest absolute Gasteiger partial charge is 0.463 e. The van der Waals surface area contributed by atoms with Gasteiger partial charge in [-0.25, -0.2) is 0 Å². The molecule has 0 saturated heterocycles. The number of carbonyl (C=O) groups is 1. The SMILES string of the molecule is CCC(CS)CCCC(=O)OCC(C)OCc1cccc2ccccc12. The summed E-state index contributed by atoms with van der Waals surface area (Å²) in [6, 6.07) is 14.5. The molecule has 0 aliphatic heterocycles. The Morgan fingerprint density at radius 2 is 1.92 bits per heavy atom. The van der Waals surface area contributed by atoms with Gasteiger partial charge in [-0.3, -0.25) is 4.79 Å². The molecule has 0 aromatic heterocycles. The third-order valence-electron chi connectivity index (χ3n) is 4.71. The maximum absolute atomic E-state index is 11.9. The molecule has 2 unspecified atom stereocenters. The van der Waals surface area contributed by atoms with Crippen LogP contribution < -0.4 is 0 Å². The first-order chi connectivity index (χ1) is 12.6. The fourth-order valence-electron chi connectivity index (χ4n) is 2.94. The van der Waals surface area contributed by atoms with Crippen LogP contribution in [0.5, 0.6) is 0 Å². The van der Waals surface area contributed by atoms with E-state index in [1.54, 1.807) is 0 Å². The van der Waals surface area contributed by atoms with Crippen molar-refractivity contribution in [1.29, 1.82) is 0 Å². The number of hydrogen-bond donors (Lipinski definition) is 1. The molecule has 0 spiro atoms. The first-order valence-electron chi connectivity index (χ1n) is 9.48. The molecule has 0 aliphatic rings. The molecule has 0 heterocycles. The van der Waals surface area contributed by atoms with Gasteiger partial charge in [0.2, 0.25) is 0 Å². The highest BCUT2D eigenvalue weighted by atomic mass is 32.1. The Bertz CT molecular complexity index is 677. The molecular formula is C22H30O3S. The van der Waals surface area contributed by atoms with Gasteiger partial charge in [-0.1, -0.05) is 55.8 Å². The van der Waals surface area contributed by atoms with Gasteiger partial charge >= 0.3 is 5.97 Å². The smallest absolute Gasteiger partial charge is 0.305 e. The van der Waals surface area contributed by atoms with E-state index >= 15 is 0 Å². The molecule has 0 bridgehead atoms. The highest BCUT2D eigenvalue weighted by Crippen LogP contribution is 2.19. The molecule has 2 aromatic rings. The van der Waals surface area contributed by atoms with Gasteiger partial charge in [0.25, 0.3) is 0 Å². The summed E-state index contributed by atoms with van der Waals surface area (Å²) in [4.78, 5) is 11.9. The summed E-state index contributed by atoms with van der Waals surface area (Å²) in [6.45, 7) is 4.91. The van der Waals surface area contributed by atoms with E-state index in [2.05, 4.69) is 43.8 Å². The Balaban J connectivity index is 1.70. The molecule has 142 valence electrons. The van der Waals surface area contributed by atoms with Crippen molar-refractivity contribution in [3.8, 4) is 0 Å². The van der Waals surface area contributed by atoms with Crippen LogP contribution in [0.3, 0.4) is 0 Å². The van der Waals surface area contributed by atoms with E-state index in [0.717, 1.165) is 30.6 Å². The maximum atomic E-state index is 11.9. The molecule has 3 nitrogen and oxygen atoms in total. The summed E-state index contributed by atoms with van der Waals surface area (Å²) in [5.74, 6) is 1.33. The van der Waals surface area contributed by atoms with E-state index in [0.29, 0.717) is 25.6 Å². The second kappa shape index (κ2) is 11.2. The normalized spacial score (nSPS) is 13.5. The average molecular weight is 375 g/mol. The van der Waals surface area contributed by atoms with E-state index < -0.39 is 0 Å². The van der Waals surface area contributed by atoms with Crippen LogP contribution in [0, 0.1) is 5.92 Å². The van der Waals surface area contributed by atoms with Crippen LogP contribution in [-0.4, -0.2) is 24.4 Å². The van der Waals surface area contributed by atoms with Crippen LogP contribution in [0.25, 0.3) is 10.8 Å². The minimum absolute atomic E-state index is 0.126. The van der Waals surface area contributed by atoms with E-state index in [9.17, 15) is 4.79 Å². The van der Waals surface area contributed by atoms with Crippen molar-refractivity contribution >= 4 is 29.4 Å². The van der Waals surface area contributed by atoms with Crippen molar-refractivity contribution in [1.82, 2.24) is 0 Å². The van der Waals surface area contributed by atoms with E-state index in [1.165, 1.54) is 10.8 Å². The van der Waals surface area contributed by atoms with Crippen molar-refractivity contribution in [2.75, 3.05) is 12.4 Å². The lowest BCUT2D eigenvalue weighted by Gasteiger charge is -2.15. The molecule has 0 aliphatic carbocycles. The number of hydrogen-bond acceptors (Lipinski definition) is 4. The zero-order valence-electron chi connectivity index (χ0n) is 15.8. The number of benzene rings is 2. The predicted molar refractivity (Wildman–Crippen MR) is 111 cm³/mol. The standard InChI is InChI=1S/C22H30O3S/c1-3-18(16-26)8-6-13-22(23)25-14-17(2)24-15-20-11-7-10-19-9-4-5-12-21(19)20/h4-5,7,9-12,17-18,26H,3,6,8,13-16H2,1-2H3. The monoisotopic (exact) mass is 374 g/mol. The summed E-state index contributed by atoms with van der Waals surface area (Å²) in [5.41, 5.74) is 1.15. The summed E-state index contributed by atoms with van der Waals surface area (Å²) in [5, 5.41) is 2.41. The molecule has 0 saturated carbocycles. The first kappa shape index (κ1) is 20.8. The van der Waals surface area contributed by atoms with Crippen molar-refractivity contribution in [3.63, 3.8) is 0 Å². The number of fused-ring (bicyclic) bond motifs is 1. The van der Waals surface area contributed by atoms with Gasteiger partial charge in [-0.2, -0.15) is 12.6 Å². The molecule has 2 aromatic carbocycles. The van der Waals surface area contributed by atoms with Crippen LogP contribution >= 0.6 is 12.6 Å². The Labute approximate surface area is 162 Å². The van der Waals surface area contributed by atoms with Crippen molar-refractivity contribution in [2.24, 2.45) is 5.92 Å². The summed E-state index contributed by atoms with van der Waals surface area (Å²) < 4.78 is 11.2. The highest BCUT2D eigenvalue weighted by Gasteiger charge is 2.10. The fourth-order valence-corrected chi connectivity index (χ4v) is 3.38. The minimum Gasteiger partial charge on any atom is -0.463 e. The molecular weight excluding hydrogens is 344 g/mol. The van der Waals surface area contributed by atoms with Gasteiger partial charge in [0.05, 0.1) is 12.7 Å². The van der Waals surface area contributed by atoms with Crippen molar-refractivity contribution < 1.29 is 14.3 Å². The molecule has 2 atom stereocenters. The summed E-state index contributed by atoms with van der Waals surface area (Å²) in [7, 11) is 0. The Kier molecular flexibility index (Phi) is 8.99. The molecule has 0 fully saturated rings. The van der Waals surface area contributed by atoms with Crippen LogP contribution in [0.4, 0.5) is 0 Å². The van der Waals surface area contributed by atoms with Gasteiger partial charge in [0.1, 0.15) is 6.61 Å². The van der Waals surface area contributed by atoms with E-state index in [4.69, 9.17) is 9.47 Å². The predicted octanol–water partition coefficient (Wildman–Crippen LogP) is 5.41. The lowest BCUT2D eigenvalue weighted by Crippen LogP contribution is -2.19. The zero-order valence-corrected chi connectivity index (χ0v) is 16.7. The fraction of sp³-hybridized carbons (Fsp3) is 0.500. The molecule has 0 radical (unpaired) electrons. The second-order valence-electron chi connectivity index (χ2n) is 6.79. The average Bonchev–Trinajstić information content (AvgIpc) is 2.68. The number of esters is 1. The molecule has 26 heavy (non-hydrogen) atoms. The third kappa shape index (κ3) is 6.65. The zero-order chi connectivity index (χ0) is 18.8. The van der Waals surface area contributed by atoms with E-state index in [-0.39, 0.29) is 12.1 Å². The Hall–Kier alpha value is -1.52. The molecule has 2 rings (SSSR count). The minimum atomic E-state index is -0.139. The lowest BCUT2D eigenvalue weighted by atomic mass is 10.0. The van der Waals surface area contributed by atoms with Crippen LogP contribution in [-0.2, 0) is 20.9 Å². The Morgan fingerprint density at radius 3 is 2.69 bits per heavy atom. The van der Waals surface area contributed by atoms with Crippen molar-refractivity contribution in [2.45, 2.75) is 52.2 Å². The van der Waals surface area contributed by atoms with E-state index in [1.807, 2.05) is 25.1 Å². The first-order valence-corrected chi connectivity index (χ1v) is 10.1. The number of carbonyl (C=O) groups excluding carboxylic acids is 1. The van der Waals surface area contributed by atoms with Gasteiger partial charge in [-0.15, -0.1) is 0 Å². The molecule has 0 N–H and O–H groups in total. The van der Waals surface area contributed by atoms with Gasteiger partial charge in [0.15, 0.2) is 0 Å². The number of rotatable bonds is 11. The topological polar surface area (TPSA) is 35.5 Å². The van der Waals surface area contributed by atoms with Crippen molar-refractivity contribution in [3.05, 3.63) is 48.0 Å². The second-order valence-corrected chi connectivity index (χ2v) is 7.16. The van der Waals surface area contributed by atoms with Gasteiger partial charge in [0, 0.05) is 6.42 Å². The summed E-state index contributed by atoms with van der Waals surface area (Å²) in [6.07, 6.45) is 3.35. The highest BCUT2D eigenvalue weighted by molar-refractivity contribution is 7.80. The Morgan fingerprint density at radius 1 is 1.15 bits per heavy atom. The van der Waals surface area contributed by atoms with Crippen LogP contribution in [0.15, 0.2) is 42.5 Å².